The Hall–Kier alpha value is -4.24. The van der Waals surface area contributed by atoms with Crippen LogP contribution in [0.3, 0.4) is 0 Å². The molecule has 0 radical (unpaired) electrons. The molecule has 0 saturated carbocycles. The van der Waals surface area contributed by atoms with E-state index in [1.165, 1.54) is 51.9 Å². The van der Waals surface area contributed by atoms with Crippen molar-refractivity contribution in [2.75, 3.05) is 41.5 Å². The van der Waals surface area contributed by atoms with E-state index in [0.29, 0.717) is 42.4 Å². The van der Waals surface area contributed by atoms with Crippen LogP contribution in [0, 0.1) is 26.9 Å². The number of likely N-dealkylation sites (N-methyl/N-ethyl adjacent to an activating group) is 1. The van der Waals surface area contributed by atoms with Crippen LogP contribution in [0.15, 0.2) is 36.4 Å². The number of unbranched alkanes of at least 4 members (excludes halogenated alkanes) is 9. The van der Waals surface area contributed by atoms with Gasteiger partial charge in [-0.1, -0.05) is 110 Å². The summed E-state index contributed by atoms with van der Waals surface area (Å²) in [4.78, 5) is 31.8. The number of carbonyl (C=O) groups excluding carboxylic acids is 1. The summed E-state index contributed by atoms with van der Waals surface area (Å²) in [6.45, 7) is 13.7. The van der Waals surface area contributed by atoms with Crippen molar-refractivity contribution < 1.29 is 33.7 Å². The van der Waals surface area contributed by atoms with Gasteiger partial charge >= 0.3 is 0 Å². The Kier molecular flexibility index (Phi) is 19.9. The highest BCUT2D eigenvalue weighted by Crippen LogP contribution is 2.46. The molecule has 2 aromatic carbocycles. The fourth-order valence-corrected chi connectivity index (χ4v) is 8.02. The molecule has 0 aromatic heterocycles. The van der Waals surface area contributed by atoms with Gasteiger partial charge in [-0.15, -0.1) is 10.1 Å². The van der Waals surface area contributed by atoms with Crippen LogP contribution >= 0.6 is 0 Å². The van der Waals surface area contributed by atoms with Crippen molar-refractivity contribution in [2.24, 2.45) is 5.41 Å². The quantitative estimate of drug-likeness (QED) is 0.0382. The number of hydrogen-bond donors (Lipinski definition) is 1. The molecule has 2 atom stereocenters. The minimum absolute atomic E-state index is 0.367. The molecule has 2 aromatic rings. The number of rotatable bonds is 28. The number of benzene rings is 2. The molecule has 0 aliphatic heterocycles. The zero-order valence-electron chi connectivity index (χ0n) is 36.9. The molecule has 12 heteroatoms. The first-order chi connectivity index (χ1) is 27.0. The molecule has 2 rings (SSSR count). The second kappa shape index (κ2) is 23.2. The number of nitriles is 1. The first-order valence-corrected chi connectivity index (χ1v) is 20.8. The highest BCUT2D eigenvalue weighted by Gasteiger charge is 2.60. The summed E-state index contributed by atoms with van der Waals surface area (Å²) in [5, 5.41) is 24.8. The number of nitrogens with zero attached hydrogens (tertiary/aromatic N) is 3. The maximum absolute atomic E-state index is 12.3. The lowest BCUT2D eigenvalue weighted by Crippen LogP contribution is -2.70. The van der Waals surface area contributed by atoms with E-state index >= 15 is 0 Å². The van der Waals surface area contributed by atoms with E-state index in [4.69, 9.17) is 23.8 Å². The Morgan fingerprint density at radius 2 is 1.37 bits per heavy atom. The van der Waals surface area contributed by atoms with Crippen molar-refractivity contribution in [3.63, 3.8) is 0 Å². The Morgan fingerprint density at radius 1 is 0.825 bits per heavy atom. The highest BCUT2D eigenvalue weighted by molar-refractivity contribution is 5.74. The summed E-state index contributed by atoms with van der Waals surface area (Å²) in [6.07, 6.45) is 14.9. The van der Waals surface area contributed by atoms with Crippen molar-refractivity contribution in [3.8, 4) is 29.1 Å². The van der Waals surface area contributed by atoms with Gasteiger partial charge in [0.1, 0.15) is 5.75 Å². The normalized spacial score (nSPS) is 13.9. The van der Waals surface area contributed by atoms with E-state index in [1.807, 2.05) is 30.3 Å². The molecule has 0 fully saturated rings. The summed E-state index contributed by atoms with van der Waals surface area (Å²) in [7, 11) is 6.82. The van der Waals surface area contributed by atoms with Crippen LogP contribution in [0.25, 0.3) is 0 Å². The topological polar surface area (TPSA) is 145 Å². The second-order valence-electron chi connectivity index (χ2n) is 16.9. The van der Waals surface area contributed by atoms with Gasteiger partial charge in [0.15, 0.2) is 11.5 Å². The Labute approximate surface area is 343 Å². The molecular weight excluding hydrogens is 725 g/mol. The summed E-state index contributed by atoms with van der Waals surface area (Å²) in [5.41, 5.74) is -1.29. The zero-order valence-corrected chi connectivity index (χ0v) is 36.9. The lowest BCUT2D eigenvalue weighted by molar-refractivity contribution is -0.802. The van der Waals surface area contributed by atoms with Crippen LogP contribution < -0.4 is 24.3 Å². The van der Waals surface area contributed by atoms with E-state index in [-0.39, 0.29) is 5.91 Å². The van der Waals surface area contributed by atoms with Gasteiger partial charge in [-0.25, -0.2) is 0 Å². The molecule has 0 heterocycles. The molecule has 0 spiro atoms. The van der Waals surface area contributed by atoms with Crippen LogP contribution in [-0.2, 0) is 21.5 Å². The second-order valence-corrected chi connectivity index (χ2v) is 16.9. The van der Waals surface area contributed by atoms with Crippen molar-refractivity contribution in [3.05, 3.63) is 57.6 Å². The molecule has 1 amide bonds. The number of methoxy groups -OCH3 is 3. The van der Waals surface area contributed by atoms with Gasteiger partial charge in [-0.3, -0.25) is 9.63 Å². The first kappa shape index (κ1) is 48.9. The Morgan fingerprint density at radius 3 is 1.86 bits per heavy atom. The third-order valence-corrected chi connectivity index (χ3v) is 11.0. The molecule has 320 valence electrons. The summed E-state index contributed by atoms with van der Waals surface area (Å²) >= 11 is 0. The third-order valence-electron chi connectivity index (χ3n) is 11.0. The van der Waals surface area contributed by atoms with E-state index in [0.717, 1.165) is 49.8 Å². The van der Waals surface area contributed by atoms with Gasteiger partial charge in [0.25, 0.3) is 10.9 Å². The van der Waals surface area contributed by atoms with Crippen molar-refractivity contribution >= 4 is 5.91 Å². The Bertz CT molecular complexity index is 1560. The average molecular weight is 797 g/mol. The molecule has 12 nitrogen and oxygen atoms in total. The maximum atomic E-state index is 12.3. The number of para-hydroxylation sites is 1. The van der Waals surface area contributed by atoms with Gasteiger partial charge < -0.3 is 29.2 Å². The lowest BCUT2D eigenvalue weighted by atomic mass is 9.73. The summed E-state index contributed by atoms with van der Waals surface area (Å²) in [5.74, 6) is -0.239. The van der Waals surface area contributed by atoms with E-state index < -0.39 is 27.2 Å². The molecule has 0 aliphatic rings. The number of amides is 1. The van der Waals surface area contributed by atoms with Crippen molar-refractivity contribution in [1.82, 2.24) is 10.2 Å². The SMILES string of the molecule is CCCCCCCCCCCCC(C#N)(CCCN(C)CCc1ccccc1OC(O[N+](=O)[O-])(C(C)(C)C)C(C)(C)NC(C)=O)c1cc(OC)c(OC)c(OC)c1. The lowest BCUT2D eigenvalue weighted by Gasteiger charge is -2.51. The minimum Gasteiger partial charge on any atom is -0.493 e. The molecule has 1 N–H and O–H groups in total. The van der Waals surface area contributed by atoms with Crippen molar-refractivity contribution in [2.45, 2.75) is 155 Å². The molecule has 57 heavy (non-hydrogen) atoms. The number of nitrogens with one attached hydrogen (secondary N) is 1. The predicted octanol–water partition coefficient (Wildman–Crippen LogP) is 9.98. The van der Waals surface area contributed by atoms with Crippen LogP contribution in [0.1, 0.15) is 143 Å². The average Bonchev–Trinajstić information content (AvgIpc) is 3.15. The van der Waals surface area contributed by atoms with E-state index in [9.17, 15) is 20.2 Å². The number of carbonyl (C=O) groups is 1. The van der Waals surface area contributed by atoms with Crippen LogP contribution in [0.4, 0.5) is 0 Å². The minimum atomic E-state index is -1.88. The summed E-state index contributed by atoms with van der Waals surface area (Å²) in [6, 6.07) is 14.0. The van der Waals surface area contributed by atoms with Gasteiger partial charge in [-0.05, 0) is 82.4 Å². The smallest absolute Gasteiger partial charge is 0.298 e. The maximum Gasteiger partial charge on any atom is 0.298 e. The zero-order chi connectivity index (χ0) is 42.7. The monoisotopic (exact) mass is 797 g/mol. The largest absolute Gasteiger partial charge is 0.493 e. The molecule has 0 bridgehead atoms. The predicted molar refractivity (Wildman–Crippen MR) is 226 cm³/mol. The van der Waals surface area contributed by atoms with Gasteiger partial charge in [0, 0.05) is 18.9 Å². The van der Waals surface area contributed by atoms with Crippen LogP contribution in [0.5, 0.6) is 23.0 Å². The van der Waals surface area contributed by atoms with E-state index in [1.54, 1.807) is 62.0 Å². The van der Waals surface area contributed by atoms with Crippen molar-refractivity contribution in [1.29, 1.82) is 5.26 Å². The van der Waals surface area contributed by atoms with Gasteiger partial charge in [0.05, 0.1) is 38.4 Å². The first-order valence-electron chi connectivity index (χ1n) is 20.8. The fraction of sp³-hybridized carbons (Fsp3) is 0.689. The highest BCUT2D eigenvalue weighted by atomic mass is 17.0. The Balaban J connectivity index is 2.26. The van der Waals surface area contributed by atoms with Crippen LogP contribution in [0.2, 0.25) is 0 Å². The fourth-order valence-electron chi connectivity index (χ4n) is 8.02. The van der Waals surface area contributed by atoms with Crippen LogP contribution in [-0.4, -0.2) is 68.7 Å². The number of ether oxygens (including phenoxy) is 4. The third kappa shape index (κ3) is 14.0. The summed E-state index contributed by atoms with van der Waals surface area (Å²) < 4.78 is 23.6. The van der Waals surface area contributed by atoms with Gasteiger partial charge in [0.2, 0.25) is 11.7 Å². The molecule has 2 unspecified atom stereocenters. The van der Waals surface area contributed by atoms with Gasteiger partial charge in [-0.2, -0.15) is 5.26 Å². The molecular formula is C45H72N4O8. The molecule has 0 saturated heterocycles. The van der Waals surface area contributed by atoms with E-state index in [2.05, 4.69) is 30.3 Å². The standard InChI is InChI=1S/C45H72N4O8/c1-12-13-14-15-16-17-18-19-20-23-28-44(34-46,37-32-39(53-9)41(55-11)40(33-37)54-10)29-24-30-48(8)31-27-36-25-21-22-26-38(36)56-45(42(3,4)5,57-49(51)52)43(6,7)47-35(2)50/h21-22,25-26,32-33H,12-20,23-24,27-31H2,1-11H3,(H,47,50). The number of hydrogen-bond acceptors (Lipinski definition) is 10. The molecule has 0 aliphatic carbocycles.